The summed E-state index contributed by atoms with van der Waals surface area (Å²) in [7, 11) is 0. The first-order valence-corrected chi connectivity index (χ1v) is 7.47. The molecular weight excluding hydrogens is 302 g/mol. The van der Waals surface area contributed by atoms with Gasteiger partial charge in [0.1, 0.15) is 11.6 Å². The molecule has 1 heterocycles. The third kappa shape index (κ3) is 4.18. The zero-order valence-electron chi connectivity index (χ0n) is 10.2. The Morgan fingerprint density at radius 3 is 2.90 bits per heavy atom. The largest absolute Gasteiger partial charge is 0.478 e. The lowest BCUT2D eigenvalue weighted by molar-refractivity contribution is -0.131. The van der Waals surface area contributed by atoms with Crippen LogP contribution in [0.4, 0.5) is 8.78 Å². The normalized spacial score (nSPS) is 11.1. The van der Waals surface area contributed by atoms with E-state index >= 15 is 0 Å². The van der Waals surface area contributed by atoms with Gasteiger partial charge in [0.2, 0.25) is 0 Å². The van der Waals surface area contributed by atoms with Crippen molar-refractivity contribution in [3.63, 3.8) is 0 Å². The maximum Gasteiger partial charge on any atom is 0.328 e. The number of carbonyl (C=O) groups is 1. The molecule has 1 aromatic heterocycles. The first-order valence-electron chi connectivity index (χ1n) is 5.61. The average molecular weight is 312 g/mol. The molecule has 0 saturated heterocycles. The molecule has 0 saturated carbocycles. The Morgan fingerprint density at radius 2 is 2.15 bits per heavy atom. The number of halogens is 2. The molecule has 0 unspecified atom stereocenters. The van der Waals surface area contributed by atoms with Gasteiger partial charge < -0.3 is 5.11 Å². The first-order chi connectivity index (χ1) is 9.54. The van der Waals surface area contributed by atoms with Gasteiger partial charge in [0.15, 0.2) is 0 Å². The highest BCUT2D eigenvalue weighted by Gasteiger charge is 2.06. The topological polar surface area (TPSA) is 37.3 Å². The van der Waals surface area contributed by atoms with E-state index in [2.05, 4.69) is 0 Å². The number of hydrogen-bond acceptors (Lipinski definition) is 3. The van der Waals surface area contributed by atoms with E-state index in [1.54, 1.807) is 0 Å². The summed E-state index contributed by atoms with van der Waals surface area (Å²) in [5, 5.41) is 10.3. The van der Waals surface area contributed by atoms with Crippen molar-refractivity contribution >= 4 is 35.1 Å². The lowest BCUT2D eigenvalue weighted by Crippen LogP contribution is -1.85. The van der Waals surface area contributed by atoms with E-state index in [1.165, 1.54) is 35.2 Å². The molecule has 0 spiro atoms. The van der Waals surface area contributed by atoms with Gasteiger partial charge in [-0.05, 0) is 41.3 Å². The summed E-state index contributed by atoms with van der Waals surface area (Å²) in [5.41, 5.74) is 0.785. The molecule has 2 rings (SSSR count). The van der Waals surface area contributed by atoms with Gasteiger partial charge in [0.25, 0.3) is 0 Å². The molecule has 6 heteroatoms. The third-order valence-corrected chi connectivity index (χ3v) is 4.57. The molecule has 0 atom stereocenters. The van der Waals surface area contributed by atoms with Gasteiger partial charge in [0.05, 0.1) is 0 Å². The zero-order valence-corrected chi connectivity index (χ0v) is 11.8. The minimum atomic E-state index is -1.01. The molecule has 1 N–H and O–H groups in total. The quantitative estimate of drug-likeness (QED) is 0.656. The second-order valence-electron chi connectivity index (χ2n) is 3.88. The van der Waals surface area contributed by atoms with E-state index in [9.17, 15) is 13.6 Å². The van der Waals surface area contributed by atoms with Gasteiger partial charge in [-0.25, -0.2) is 13.6 Å². The lowest BCUT2D eigenvalue weighted by atomic mass is 10.3. The Hall–Kier alpha value is -1.66. The average Bonchev–Trinajstić information content (AvgIpc) is 2.85. The Labute approximate surface area is 122 Å². The van der Waals surface area contributed by atoms with Gasteiger partial charge in [-0.3, -0.25) is 0 Å². The highest BCUT2D eigenvalue weighted by molar-refractivity contribution is 7.98. The summed E-state index contributed by atoms with van der Waals surface area (Å²) < 4.78 is 26.4. The predicted octanol–water partition coefficient (Wildman–Crippen LogP) is 4.42. The molecular formula is C14H10F2O2S2. The van der Waals surface area contributed by atoms with E-state index in [0.717, 1.165) is 28.6 Å². The van der Waals surface area contributed by atoms with Gasteiger partial charge in [-0.2, -0.15) is 0 Å². The molecule has 0 aliphatic rings. The predicted molar refractivity (Wildman–Crippen MR) is 76.9 cm³/mol. The van der Waals surface area contributed by atoms with Crippen LogP contribution in [-0.2, 0) is 10.5 Å². The van der Waals surface area contributed by atoms with Crippen LogP contribution in [-0.4, -0.2) is 11.1 Å². The fourth-order valence-electron chi connectivity index (χ4n) is 1.46. The standard InChI is InChI=1S/C14H10F2O2S2/c15-10-2-3-12(16)13(6-10)20-8-11-5-9(7-19-11)1-4-14(17)18/h1-7H,8H2,(H,17,18). The number of aliphatic carboxylic acids is 1. The maximum absolute atomic E-state index is 13.4. The Kier molecular flexibility index (Phi) is 4.92. The van der Waals surface area contributed by atoms with Gasteiger partial charge in [-0.15, -0.1) is 23.1 Å². The smallest absolute Gasteiger partial charge is 0.328 e. The SMILES string of the molecule is O=C(O)C=Cc1csc(CSc2cc(F)ccc2F)c1. The van der Waals surface area contributed by atoms with Gasteiger partial charge in [-0.1, -0.05) is 0 Å². The Balaban J connectivity index is 2.01. The summed E-state index contributed by atoms with van der Waals surface area (Å²) in [6.07, 6.45) is 2.56. The number of thiophene rings is 1. The summed E-state index contributed by atoms with van der Waals surface area (Å²) in [6, 6.07) is 5.18. The van der Waals surface area contributed by atoms with Crippen molar-refractivity contribution in [2.75, 3.05) is 0 Å². The fraction of sp³-hybridized carbons (Fsp3) is 0.0714. The van der Waals surface area contributed by atoms with Crippen molar-refractivity contribution < 1.29 is 18.7 Å². The second-order valence-corrected chi connectivity index (χ2v) is 5.89. The van der Waals surface area contributed by atoms with Crippen LogP contribution in [0.15, 0.2) is 40.6 Å². The molecule has 0 aliphatic heterocycles. The summed E-state index contributed by atoms with van der Waals surface area (Å²) in [5.74, 6) is -1.41. The van der Waals surface area contributed by atoms with E-state index in [4.69, 9.17) is 5.11 Å². The lowest BCUT2D eigenvalue weighted by Gasteiger charge is -2.01. The molecule has 0 aliphatic carbocycles. The second kappa shape index (κ2) is 6.67. The van der Waals surface area contributed by atoms with E-state index in [-0.39, 0.29) is 4.90 Å². The summed E-state index contributed by atoms with van der Waals surface area (Å²) in [4.78, 5) is 11.6. The van der Waals surface area contributed by atoms with Crippen molar-refractivity contribution in [3.8, 4) is 0 Å². The van der Waals surface area contributed by atoms with Crippen LogP contribution in [0, 0.1) is 11.6 Å². The molecule has 0 amide bonds. The minimum absolute atomic E-state index is 0.265. The molecule has 0 bridgehead atoms. The van der Waals surface area contributed by atoms with E-state index < -0.39 is 17.6 Å². The minimum Gasteiger partial charge on any atom is -0.478 e. The van der Waals surface area contributed by atoms with Crippen molar-refractivity contribution in [1.29, 1.82) is 0 Å². The number of rotatable bonds is 5. The van der Waals surface area contributed by atoms with Crippen LogP contribution >= 0.6 is 23.1 Å². The third-order valence-electron chi connectivity index (χ3n) is 2.36. The fourth-order valence-corrected chi connectivity index (χ4v) is 3.34. The molecule has 2 nitrogen and oxygen atoms in total. The van der Waals surface area contributed by atoms with E-state index in [0.29, 0.717) is 5.75 Å². The van der Waals surface area contributed by atoms with Crippen molar-refractivity contribution in [2.45, 2.75) is 10.6 Å². The monoisotopic (exact) mass is 312 g/mol. The maximum atomic E-state index is 13.4. The number of hydrogen-bond donors (Lipinski definition) is 1. The summed E-state index contributed by atoms with van der Waals surface area (Å²) in [6.45, 7) is 0. The van der Waals surface area contributed by atoms with Crippen LogP contribution in [0.2, 0.25) is 0 Å². The van der Waals surface area contributed by atoms with Crippen molar-refractivity contribution in [2.24, 2.45) is 0 Å². The van der Waals surface area contributed by atoms with Gasteiger partial charge >= 0.3 is 5.97 Å². The van der Waals surface area contributed by atoms with Crippen molar-refractivity contribution in [3.05, 3.63) is 57.8 Å². The summed E-state index contributed by atoms with van der Waals surface area (Å²) >= 11 is 2.66. The Bertz CT molecular complexity index is 650. The number of carboxylic acids is 1. The van der Waals surface area contributed by atoms with Crippen LogP contribution in [0.1, 0.15) is 10.4 Å². The van der Waals surface area contributed by atoms with Crippen molar-refractivity contribution in [1.82, 2.24) is 0 Å². The highest BCUT2D eigenvalue weighted by atomic mass is 32.2. The van der Waals surface area contributed by atoms with Gasteiger partial charge in [0, 0.05) is 21.6 Å². The molecule has 104 valence electrons. The number of thioether (sulfide) groups is 1. The van der Waals surface area contributed by atoms with Crippen LogP contribution in [0.25, 0.3) is 6.08 Å². The molecule has 0 radical (unpaired) electrons. The number of benzene rings is 1. The van der Waals surface area contributed by atoms with Crippen LogP contribution in [0.3, 0.4) is 0 Å². The van der Waals surface area contributed by atoms with E-state index in [1.807, 2.05) is 11.4 Å². The first kappa shape index (κ1) is 14.7. The molecule has 1 aromatic carbocycles. The molecule has 0 fully saturated rings. The zero-order chi connectivity index (χ0) is 14.5. The highest BCUT2D eigenvalue weighted by Crippen LogP contribution is 2.29. The van der Waals surface area contributed by atoms with Crippen LogP contribution in [0.5, 0.6) is 0 Å². The Morgan fingerprint density at radius 1 is 1.35 bits per heavy atom. The molecule has 2 aromatic rings. The number of carboxylic acid groups (broad SMARTS) is 1. The molecule has 20 heavy (non-hydrogen) atoms. The van der Waals surface area contributed by atoms with Crippen LogP contribution < -0.4 is 0 Å².